The molecule has 0 spiro atoms. The topological polar surface area (TPSA) is 125 Å². The Hall–Kier alpha value is -2.87. The van der Waals surface area contributed by atoms with Gasteiger partial charge in [-0.25, -0.2) is 13.8 Å². The van der Waals surface area contributed by atoms with Gasteiger partial charge in [-0.3, -0.25) is 4.18 Å². The number of hydrogen-bond acceptors (Lipinski definition) is 11. The zero-order valence-corrected chi connectivity index (χ0v) is 24.0. The van der Waals surface area contributed by atoms with E-state index in [1.54, 1.807) is 18.2 Å². The van der Waals surface area contributed by atoms with Crippen LogP contribution >= 0.6 is 0 Å². The quantitative estimate of drug-likeness (QED) is 0.159. The molecule has 0 fully saturated rings. The maximum atomic E-state index is 12.0. The van der Waals surface area contributed by atoms with E-state index >= 15 is 0 Å². The summed E-state index contributed by atoms with van der Waals surface area (Å²) in [6, 6.07) is 11.8. The Kier molecular flexibility index (Phi) is 16.7. The van der Waals surface area contributed by atoms with Crippen molar-refractivity contribution < 1.29 is 51.1 Å². The molecular formula is C28H38O11S. The lowest BCUT2D eigenvalue weighted by Crippen LogP contribution is -2.14. The van der Waals surface area contributed by atoms with Gasteiger partial charge >= 0.3 is 11.9 Å². The molecule has 12 heteroatoms. The van der Waals surface area contributed by atoms with Gasteiger partial charge in [0, 0.05) is 6.61 Å². The van der Waals surface area contributed by atoms with Crippen molar-refractivity contribution in [3.8, 4) is 5.75 Å². The van der Waals surface area contributed by atoms with Crippen LogP contribution in [0, 0.1) is 6.92 Å². The number of rotatable bonds is 21. The van der Waals surface area contributed by atoms with Crippen molar-refractivity contribution in [1.82, 2.24) is 0 Å². The van der Waals surface area contributed by atoms with Crippen molar-refractivity contribution in [1.29, 1.82) is 0 Å². The summed E-state index contributed by atoms with van der Waals surface area (Å²) >= 11 is -1.46. The molecule has 0 saturated carbocycles. The molecule has 1 unspecified atom stereocenters. The lowest BCUT2D eigenvalue weighted by molar-refractivity contribution is -0.00530. The van der Waals surface area contributed by atoms with Crippen LogP contribution < -0.4 is 4.74 Å². The van der Waals surface area contributed by atoms with E-state index in [4.69, 9.17) is 32.6 Å². The van der Waals surface area contributed by atoms with Crippen LogP contribution in [0.2, 0.25) is 0 Å². The fourth-order valence-corrected chi connectivity index (χ4v) is 3.94. The summed E-state index contributed by atoms with van der Waals surface area (Å²) in [5, 5.41) is 0. The van der Waals surface area contributed by atoms with Crippen molar-refractivity contribution in [3.63, 3.8) is 0 Å². The second kappa shape index (κ2) is 20.1. The number of benzene rings is 2. The van der Waals surface area contributed by atoms with Crippen molar-refractivity contribution in [2.24, 2.45) is 0 Å². The Morgan fingerprint density at radius 1 is 0.650 bits per heavy atom. The summed E-state index contributed by atoms with van der Waals surface area (Å²) < 4.78 is 54.2. The first-order valence-corrected chi connectivity index (χ1v) is 13.9. The van der Waals surface area contributed by atoms with Crippen LogP contribution in [-0.2, 0) is 43.7 Å². The van der Waals surface area contributed by atoms with Crippen LogP contribution in [0.25, 0.3) is 0 Å². The minimum atomic E-state index is -1.46. The normalized spacial score (nSPS) is 11.7. The SMILES string of the molecule is COC(=O)c1ccc(OCCOCCOCCOCCOCCCOS(=O)c2ccc(C)cc2)cc1C(=O)OC. The highest BCUT2D eigenvalue weighted by molar-refractivity contribution is 7.80. The molecular weight excluding hydrogens is 544 g/mol. The van der Waals surface area contributed by atoms with Gasteiger partial charge in [0.2, 0.25) is 0 Å². The Balaban J connectivity index is 1.40. The Bertz CT molecular complexity index is 1040. The second-order valence-corrected chi connectivity index (χ2v) is 9.39. The third-order valence-electron chi connectivity index (χ3n) is 5.25. The first-order valence-electron chi connectivity index (χ1n) is 12.8. The highest BCUT2D eigenvalue weighted by atomic mass is 32.2. The standard InChI is InChI=1S/C28H38O11S/c1-22-5-8-24(9-6-22)40(31)39-12-4-11-34-13-14-35-15-16-36-17-18-37-19-20-38-23-7-10-25(27(29)32-2)26(21-23)28(30)33-3/h5-10,21H,4,11-20H2,1-3H3. The van der Waals surface area contributed by atoms with Crippen molar-refractivity contribution in [2.45, 2.75) is 18.2 Å². The minimum Gasteiger partial charge on any atom is -0.491 e. The van der Waals surface area contributed by atoms with Crippen molar-refractivity contribution >= 4 is 23.0 Å². The molecule has 2 rings (SSSR count). The van der Waals surface area contributed by atoms with E-state index < -0.39 is 23.0 Å². The Labute approximate surface area is 237 Å². The zero-order chi connectivity index (χ0) is 29.0. The molecule has 0 radical (unpaired) electrons. The van der Waals surface area contributed by atoms with Crippen LogP contribution in [0.4, 0.5) is 0 Å². The predicted molar refractivity (Wildman–Crippen MR) is 146 cm³/mol. The van der Waals surface area contributed by atoms with E-state index in [9.17, 15) is 13.8 Å². The first-order chi connectivity index (χ1) is 19.5. The van der Waals surface area contributed by atoms with Gasteiger partial charge in [0.05, 0.1) is 83.1 Å². The lowest BCUT2D eigenvalue weighted by Gasteiger charge is -2.11. The number of esters is 2. The van der Waals surface area contributed by atoms with Gasteiger partial charge in [-0.05, 0) is 43.7 Å². The Morgan fingerprint density at radius 3 is 1.75 bits per heavy atom. The minimum absolute atomic E-state index is 0.0629. The molecule has 0 saturated heterocycles. The van der Waals surface area contributed by atoms with Gasteiger partial charge in [0.1, 0.15) is 12.4 Å². The van der Waals surface area contributed by atoms with Crippen LogP contribution in [-0.4, -0.2) is 96.4 Å². The summed E-state index contributed by atoms with van der Waals surface area (Å²) in [4.78, 5) is 24.4. The fourth-order valence-electron chi connectivity index (χ4n) is 3.17. The molecule has 2 aromatic carbocycles. The van der Waals surface area contributed by atoms with E-state index in [-0.39, 0.29) is 17.7 Å². The van der Waals surface area contributed by atoms with E-state index in [0.29, 0.717) is 76.5 Å². The molecule has 0 bridgehead atoms. The maximum absolute atomic E-state index is 12.0. The zero-order valence-electron chi connectivity index (χ0n) is 23.2. The molecule has 0 aliphatic heterocycles. The monoisotopic (exact) mass is 582 g/mol. The molecule has 0 aromatic heterocycles. The van der Waals surface area contributed by atoms with Gasteiger partial charge in [0.25, 0.3) is 0 Å². The summed E-state index contributed by atoms with van der Waals surface area (Å²) in [6.45, 7) is 5.96. The lowest BCUT2D eigenvalue weighted by atomic mass is 10.1. The van der Waals surface area contributed by atoms with E-state index in [1.807, 2.05) is 19.1 Å². The van der Waals surface area contributed by atoms with E-state index in [1.165, 1.54) is 26.4 Å². The molecule has 11 nitrogen and oxygen atoms in total. The van der Waals surface area contributed by atoms with E-state index in [2.05, 4.69) is 4.74 Å². The largest absolute Gasteiger partial charge is 0.491 e. The van der Waals surface area contributed by atoms with Crippen LogP contribution in [0.5, 0.6) is 5.75 Å². The third kappa shape index (κ3) is 13.0. The van der Waals surface area contributed by atoms with Crippen LogP contribution in [0.1, 0.15) is 32.7 Å². The van der Waals surface area contributed by atoms with Crippen LogP contribution in [0.15, 0.2) is 47.4 Å². The molecule has 0 N–H and O–H groups in total. The fraction of sp³-hybridized carbons (Fsp3) is 0.500. The smallest absolute Gasteiger partial charge is 0.338 e. The highest BCUT2D eigenvalue weighted by Gasteiger charge is 2.19. The van der Waals surface area contributed by atoms with Gasteiger partial charge in [-0.15, -0.1) is 0 Å². The molecule has 0 heterocycles. The van der Waals surface area contributed by atoms with Gasteiger partial charge in [-0.1, -0.05) is 17.7 Å². The number of ether oxygens (including phenoxy) is 7. The van der Waals surface area contributed by atoms with Crippen LogP contribution in [0.3, 0.4) is 0 Å². The molecule has 0 amide bonds. The molecule has 1 atom stereocenters. The molecule has 0 aliphatic carbocycles. The van der Waals surface area contributed by atoms with Gasteiger partial charge < -0.3 is 33.2 Å². The summed E-state index contributed by atoms with van der Waals surface area (Å²) in [7, 11) is 2.46. The maximum Gasteiger partial charge on any atom is 0.338 e. The highest BCUT2D eigenvalue weighted by Crippen LogP contribution is 2.20. The molecule has 2 aromatic rings. The number of methoxy groups -OCH3 is 2. The number of carbonyl (C=O) groups excluding carboxylic acids is 2. The van der Waals surface area contributed by atoms with Gasteiger partial charge in [-0.2, -0.15) is 0 Å². The summed E-state index contributed by atoms with van der Waals surface area (Å²) in [5.74, 6) is -0.899. The first kappa shape index (κ1) is 33.3. The average molecular weight is 583 g/mol. The van der Waals surface area contributed by atoms with Crippen molar-refractivity contribution in [2.75, 3.05) is 80.3 Å². The number of carbonyl (C=O) groups is 2. The second-order valence-electron chi connectivity index (χ2n) is 8.21. The average Bonchev–Trinajstić information content (AvgIpc) is 2.98. The van der Waals surface area contributed by atoms with Gasteiger partial charge in [0.15, 0.2) is 11.1 Å². The molecule has 222 valence electrons. The summed E-state index contributed by atoms with van der Waals surface area (Å²) in [6.07, 6.45) is 0.641. The third-order valence-corrected chi connectivity index (χ3v) is 6.29. The number of aryl methyl sites for hydroxylation is 1. The molecule has 0 aliphatic rings. The van der Waals surface area contributed by atoms with E-state index in [0.717, 1.165) is 5.56 Å². The predicted octanol–water partition coefficient (Wildman–Crippen LogP) is 3.14. The summed E-state index contributed by atoms with van der Waals surface area (Å²) in [5.41, 5.74) is 1.27. The van der Waals surface area contributed by atoms with Crippen molar-refractivity contribution in [3.05, 3.63) is 59.2 Å². The number of hydrogen-bond donors (Lipinski definition) is 0. The Morgan fingerprint density at radius 2 is 1.18 bits per heavy atom. The molecule has 40 heavy (non-hydrogen) atoms.